The third-order valence-electron chi connectivity index (χ3n) is 2.90. The van der Waals surface area contributed by atoms with Gasteiger partial charge in [0.2, 0.25) is 5.91 Å². The number of nitrogens with one attached hydrogen (secondary N) is 1. The highest BCUT2D eigenvalue weighted by Gasteiger charge is 2.04. The lowest BCUT2D eigenvalue weighted by molar-refractivity contribution is -0.116. The molecule has 0 saturated carbocycles. The molecule has 0 radical (unpaired) electrons. The van der Waals surface area contributed by atoms with E-state index >= 15 is 0 Å². The number of anilines is 2. The number of hydrogen-bond donors (Lipinski definition) is 2. The van der Waals surface area contributed by atoms with Crippen LogP contribution in [-0.2, 0) is 4.79 Å². The van der Waals surface area contributed by atoms with Crippen molar-refractivity contribution in [3.05, 3.63) is 53.8 Å². The second-order valence-electron chi connectivity index (χ2n) is 4.68. The number of rotatable bonds is 5. The molecular weight excluding hydrogens is 271 g/mol. The van der Waals surface area contributed by atoms with Crippen LogP contribution in [-0.4, -0.2) is 12.5 Å². The molecule has 0 spiro atoms. The van der Waals surface area contributed by atoms with Crippen molar-refractivity contribution in [3.63, 3.8) is 0 Å². The van der Waals surface area contributed by atoms with Crippen LogP contribution in [0.25, 0.3) is 0 Å². The number of benzene rings is 2. The molecule has 2 aromatic rings. The summed E-state index contributed by atoms with van der Waals surface area (Å²) in [5, 5.41) is 2.73. The molecule has 110 valence electrons. The zero-order chi connectivity index (χ0) is 15.2. The van der Waals surface area contributed by atoms with E-state index in [1.165, 1.54) is 12.1 Å². The molecule has 0 fully saturated rings. The van der Waals surface area contributed by atoms with E-state index < -0.39 is 0 Å². The Bertz CT molecular complexity index is 644. The van der Waals surface area contributed by atoms with Crippen LogP contribution in [0, 0.1) is 12.7 Å². The standard InChI is InChI=1S/C16H17FN2O2/c1-11-9-14(5-6-15(11)17)21-8-7-16(20)19-13-4-2-3-12(18)10-13/h2-6,9-10H,7-8,18H2,1H3,(H,19,20). The van der Waals surface area contributed by atoms with Gasteiger partial charge in [-0.2, -0.15) is 0 Å². The van der Waals surface area contributed by atoms with Crippen molar-refractivity contribution < 1.29 is 13.9 Å². The Balaban J connectivity index is 1.80. The van der Waals surface area contributed by atoms with Crippen molar-refractivity contribution in [1.29, 1.82) is 0 Å². The molecule has 21 heavy (non-hydrogen) atoms. The van der Waals surface area contributed by atoms with E-state index in [0.717, 1.165) is 0 Å². The maximum atomic E-state index is 13.1. The number of halogens is 1. The van der Waals surface area contributed by atoms with Crippen molar-refractivity contribution in [2.45, 2.75) is 13.3 Å². The Kier molecular flexibility index (Phi) is 4.77. The van der Waals surface area contributed by atoms with Crippen molar-refractivity contribution in [1.82, 2.24) is 0 Å². The molecule has 0 heterocycles. The minimum atomic E-state index is -0.276. The smallest absolute Gasteiger partial charge is 0.227 e. The first kappa shape index (κ1) is 14.8. The largest absolute Gasteiger partial charge is 0.493 e. The summed E-state index contributed by atoms with van der Waals surface area (Å²) in [6.07, 6.45) is 0.200. The molecule has 0 aliphatic rings. The number of ether oxygens (including phenoxy) is 1. The number of amides is 1. The van der Waals surface area contributed by atoms with Gasteiger partial charge in [-0.25, -0.2) is 4.39 Å². The Morgan fingerprint density at radius 2 is 2.10 bits per heavy atom. The van der Waals surface area contributed by atoms with Crippen molar-refractivity contribution in [2.75, 3.05) is 17.7 Å². The molecule has 0 unspecified atom stereocenters. The summed E-state index contributed by atoms with van der Waals surface area (Å²) < 4.78 is 18.5. The molecule has 0 aliphatic carbocycles. The fourth-order valence-corrected chi connectivity index (χ4v) is 1.81. The highest BCUT2D eigenvalue weighted by atomic mass is 19.1. The summed E-state index contributed by atoms with van der Waals surface area (Å²) in [6, 6.07) is 11.4. The molecule has 3 N–H and O–H groups in total. The van der Waals surface area contributed by atoms with E-state index in [4.69, 9.17) is 10.5 Å². The molecule has 0 saturated heterocycles. The van der Waals surface area contributed by atoms with Gasteiger partial charge in [0.05, 0.1) is 13.0 Å². The van der Waals surface area contributed by atoms with Crippen molar-refractivity contribution in [3.8, 4) is 5.75 Å². The second kappa shape index (κ2) is 6.74. The summed E-state index contributed by atoms with van der Waals surface area (Å²) in [5.74, 6) is 0.104. The second-order valence-corrected chi connectivity index (χ2v) is 4.68. The average molecular weight is 288 g/mol. The normalized spacial score (nSPS) is 10.2. The fourth-order valence-electron chi connectivity index (χ4n) is 1.81. The zero-order valence-corrected chi connectivity index (χ0v) is 11.7. The van der Waals surface area contributed by atoms with Gasteiger partial charge in [0.15, 0.2) is 0 Å². The van der Waals surface area contributed by atoms with Gasteiger partial charge >= 0.3 is 0 Å². The van der Waals surface area contributed by atoms with Crippen LogP contribution in [0.4, 0.5) is 15.8 Å². The number of carbonyl (C=O) groups is 1. The minimum absolute atomic E-state index is 0.167. The summed E-state index contributed by atoms with van der Waals surface area (Å²) >= 11 is 0. The SMILES string of the molecule is Cc1cc(OCCC(=O)Nc2cccc(N)c2)ccc1F. The summed E-state index contributed by atoms with van der Waals surface area (Å²) in [7, 11) is 0. The first-order valence-corrected chi connectivity index (χ1v) is 6.59. The maximum Gasteiger partial charge on any atom is 0.227 e. The van der Waals surface area contributed by atoms with Crippen LogP contribution < -0.4 is 15.8 Å². The molecule has 5 heteroatoms. The van der Waals surface area contributed by atoms with Gasteiger partial charge in [0, 0.05) is 11.4 Å². The van der Waals surface area contributed by atoms with Crippen molar-refractivity contribution in [2.24, 2.45) is 0 Å². The van der Waals surface area contributed by atoms with Crippen LogP contribution in [0.15, 0.2) is 42.5 Å². The molecule has 1 amide bonds. The Hall–Kier alpha value is -2.56. The molecule has 2 rings (SSSR count). The van der Waals surface area contributed by atoms with E-state index in [2.05, 4.69) is 5.32 Å². The number of nitrogens with two attached hydrogens (primary N) is 1. The number of hydrogen-bond acceptors (Lipinski definition) is 3. The quantitative estimate of drug-likeness (QED) is 0.831. The predicted molar refractivity (Wildman–Crippen MR) is 80.7 cm³/mol. The maximum absolute atomic E-state index is 13.1. The lowest BCUT2D eigenvalue weighted by Gasteiger charge is -2.08. The molecular formula is C16H17FN2O2. The van der Waals surface area contributed by atoms with Gasteiger partial charge < -0.3 is 15.8 Å². The van der Waals surface area contributed by atoms with E-state index in [-0.39, 0.29) is 24.8 Å². The average Bonchev–Trinajstić information content (AvgIpc) is 2.43. The molecule has 0 aliphatic heterocycles. The highest BCUT2D eigenvalue weighted by molar-refractivity contribution is 5.91. The van der Waals surface area contributed by atoms with Gasteiger partial charge in [-0.05, 0) is 48.9 Å². The Labute approximate surface area is 122 Å². The lowest BCUT2D eigenvalue weighted by atomic mass is 10.2. The van der Waals surface area contributed by atoms with E-state index in [1.807, 2.05) is 0 Å². The summed E-state index contributed by atoms with van der Waals surface area (Å²) in [6.45, 7) is 1.88. The fraction of sp³-hybridized carbons (Fsp3) is 0.188. The van der Waals surface area contributed by atoms with Crippen LogP contribution >= 0.6 is 0 Å². The molecule has 2 aromatic carbocycles. The van der Waals surface area contributed by atoms with Gasteiger partial charge in [0.1, 0.15) is 11.6 Å². The molecule has 0 aromatic heterocycles. The number of nitrogen functional groups attached to an aromatic ring is 1. The van der Waals surface area contributed by atoms with Crippen LogP contribution in [0.5, 0.6) is 5.75 Å². The van der Waals surface area contributed by atoms with Gasteiger partial charge in [0.25, 0.3) is 0 Å². The van der Waals surface area contributed by atoms with Gasteiger partial charge in [-0.3, -0.25) is 4.79 Å². The Morgan fingerprint density at radius 1 is 1.29 bits per heavy atom. The van der Waals surface area contributed by atoms with Crippen molar-refractivity contribution >= 4 is 17.3 Å². The Morgan fingerprint density at radius 3 is 2.81 bits per heavy atom. The predicted octanol–water partition coefficient (Wildman–Crippen LogP) is 3.12. The minimum Gasteiger partial charge on any atom is -0.493 e. The molecule has 4 nitrogen and oxygen atoms in total. The van der Waals surface area contributed by atoms with Crippen LogP contribution in [0.2, 0.25) is 0 Å². The van der Waals surface area contributed by atoms with Gasteiger partial charge in [-0.15, -0.1) is 0 Å². The first-order chi connectivity index (χ1) is 10.0. The monoisotopic (exact) mass is 288 g/mol. The summed E-state index contributed by atoms with van der Waals surface area (Å²) in [4.78, 5) is 11.7. The summed E-state index contributed by atoms with van der Waals surface area (Å²) in [5.41, 5.74) is 7.38. The number of aryl methyl sites for hydroxylation is 1. The van der Waals surface area contributed by atoms with Gasteiger partial charge in [-0.1, -0.05) is 6.07 Å². The van der Waals surface area contributed by atoms with E-state index in [1.54, 1.807) is 37.3 Å². The third-order valence-corrected chi connectivity index (χ3v) is 2.90. The molecule has 0 atom stereocenters. The van der Waals surface area contributed by atoms with E-state index in [9.17, 15) is 9.18 Å². The third kappa shape index (κ3) is 4.49. The topological polar surface area (TPSA) is 64.3 Å². The zero-order valence-electron chi connectivity index (χ0n) is 11.7. The first-order valence-electron chi connectivity index (χ1n) is 6.59. The lowest BCUT2D eigenvalue weighted by Crippen LogP contribution is -2.15. The van der Waals surface area contributed by atoms with Crippen LogP contribution in [0.1, 0.15) is 12.0 Å². The number of carbonyl (C=O) groups excluding carboxylic acids is 1. The highest BCUT2D eigenvalue weighted by Crippen LogP contribution is 2.16. The molecule has 0 bridgehead atoms. The van der Waals surface area contributed by atoms with Crippen LogP contribution in [0.3, 0.4) is 0 Å². The van der Waals surface area contributed by atoms with E-state index in [0.29, 0.717) is 22.7 Å².